The van der Waals surface area contributed by atoms with Crippen LogP contribution in [0.25, 0.3) is 11.0 Å². The summed E-state index contributed by atoms with van der Waals surface area (Å²) in [6.07, 6.45) is 1.69. The molecule has 5 nitrogen and oxygen atoms in total. The van der Waals surface area contributed by atoms with Crippen molar-refractivity contribution in [3.63, 3.8) is 0 Å². The molecule has 0 spiro atoms. The lowest BCUT2D eigenvalue weighted by atomic mass is 10.2. The molecule has 0 fully saturated rings. The van der Waals surface area contributed by atoms with Gasteiger partial charge in [0.1, 0.15) is 6.04 Å². The molecule has 1 heterocycles. The Labute approximate surface area is 106 Å². The second kappa shape index (κ2) is 4.68. The van der Waals surface area contributed by atoms with Gasteiger partial charge >= 0.3 is 0 Å². The predicted molar refractivity (Wildman–Crippen MR) is 72.2 cm³/mol. The summed E-state index contributed by atoms with van der Waals surface area (Å²) in [4.78, 5) is 18.1. The SMILES string of the molecule is CCN(C)C(=O)C(C)n1cnc2cc(N)ccc21. The zero-order chi connectivity index (χ0) is 13.3. The van der Waals surface area contributed by atoms with E-state index < -0.39 is 0 Å². The van der Waals surface area contributed by atoms with Crippen LogP contribution in [-0.4, -0.2) is 34.0 Å². The zero-order valence-corrected chi connectivity index (χ0v) is 10.9. The molecule has 2 rings (SSSR count). The first-order valence-electron chi connectivity index (χ1n) is 6.01. The molecule has 0 saturated carbocycles. The molecule has 0 aliphatic rings. The number of imidazole rings is 1. The number of anilines is 1. The highest BCUT2D eigenvalue weighted by Gasteiger charge is 2.19. The fourth-order valence-electron chi connectivity index (χ4n) is 1.95. The molecule has 18 heavy (non-hydrogen) atoms. The molecule has 1 amide bonds. The van der Waals surface area contributed by atoms with Gasteiger partial charge in [0, 0.05) is 19.3 Å². The number of hydrogen-bond donors (Lipinski definition) is 1. The molecular weight excluding hydrogens is 228 g/mol. The van der Waals surface area contributed by atoms with Crippen molar-refractivity contribution in [2.45, 2.75) is 19.9 Å². The van der Waals surface area contributed by atoms with Gasteiger partial charge < -0.3 is 15.2 Å². The number of benzene rings is 1. The molecule has 1 atom stereocenters. The summed E-state index contributed by atoms with van der Waals surface area (Å²) in [5.74, 6) is 0.0774. The Kier molecular flexibility index (Phi) is 3.23. The third-order valence-electron chi connectivity index (χ3n) is 3.22. The van der Waals surface area contributed by atoms with E-state index in [-0.39, 0.29) is 11.9 Å². The summed E-state index contributed by atoms with van der Waals surface area (Å²) < 4.78 is 1.88. The minimum atomic E-state index is -0.261. The quantitative estimate of drug-likeness (QED) is 0.838. The smallest absolute Gasteiger partial charge is 0.245 e. The van der Waals surface area contributed by atoms with Crippen LogP contribution in [0.4, 0.5) is 5.69 Å². The molecule has 2 aromatic rings. The van der Waals surface area contributed by atoms with E-state index in [1.165, 1.54) is 0 Å². The minimum Gasteiger partial charge on any atom is -0.399 e. The van der Waals surface area contributed by atoms with E-state index in [2.05, 4.69) is 4.98 Å². The lowest BCUT2D eigenvalue weighted by Gasteiger charge is -2.21. The van der Waals surface area contributed by atoms with Crippen molar-refractivity contribution in [1.29, 1.82) is 0 Å². The molecule has 0 saturated heterocycles. The van der Waals surface area contributed by atoms with Gasteiger partial charge in [-0.25, -0.2) is 4.98 Å². The van der Waals surface area contributed by atoms with Crippen molar-refractivity contribution in [2.24, 2.45) is 0 Å². The highest BCUT2D eigenvalue weighted by atomic mass is 16.2. The standard InChI is InChI=1S/C13H18N4O/c1-4-16(3)13(18)9(2)17-8-15-11-7-10(14)5-6-12(11)17/h5-9H,4,14H2,1-3H3. The maximum Gasteiger partial charge on any atom is 0.245 e. The maximum absolute atomic E-state index is 12.1. The van der Waals surface area contributed by atoms with E-state index in [9.17, 15) is 4.79 Å². The Hall–Kier alpha value is -2.04. The number of likely N-dealkylation sites (N-methyl/N-ethyl adjacent to an activating group) is 1. The lowest BCUT2D eigenvalue weighted by molar-refractivity contribution is -0.132. The van der Waals surface area contributed by atoms with Crippen LogP contribution in [0.15, 0.2) is 24.5 Å². The van der Waals surface area contributed by atoms with Crippen molar-refractivity contribution in [1.82, 2.24) is 14.5 Å². The number of nitrogens with two attached hydrogens (primary N) is 1. The molecule has 0 aliphatic heterocycles. The van der Waals surface area contributed by atoms with Gasteiger partial charge in [-0.15, -0.1) is 0 Å². The fraction of sp³-hybridized carbons (Fsp3) is 0.385. The highest BCUT2D eigenvalue weighted by Crippen LogP contribution is 2.20. The summed E-state index contributed by atoms with van der Waals surface area (Å²) in [5.41, 5.74) is 8.13. The number of aromatic nitrogens is 2. The van der Waals surface area contributed by atoms with Crippen LogP contribution in [0, 0.1) is 0 Å². The van der Waals surface area contributed by atoms with Crippen LogP contribution in [0.2, 0.25) is 0 Å². The van der Waals surface area contributed by atoms with Gasteiger partial charge in [0.25, 0.3) is 0 Å². The number of hydrogen-bond acceptors (Lipinski definition) is 3. The molecule has 1 aromatic heterocycles. The highest BCUT2D eigenvalue weighted by molar-refractivity contribution is 5.84. The first-order valence-corrected chi connectivity index (χ1v) is 6.01. The number of nitrogens with zero attached hydrogens (tertiary/aromatic N) is 3. The van der Waals surface area contributed by atoms with Crippen LogP contribution in [-0.2, 0) is 4.79 Å². The van der Waals surface area contributed by atoms with Gasteiger partial charge in [-0.2, -0.15) is 0 Å². The average Bonchev–Trinajstić information content (AvgIpc) is 2.78. The number of amides is 1. The molecule has 0 bridgehead atoms. The normalized spacial score (nSPS) is 12.6. The molecule has 0 radical (unpaired) electrons. The molecular formula is C13H18N4O. The van der Waals surface area contributed by atoms with Gasteiger partial charge in [0.05, 0.1) is 17.4 Å². The predicted octanol–water partition coefficient (Wildman–Crippen LogP) is 1.66. The van der Waals surface area contributed by atoms with Crippen molar-refractivity contribution in [2.75, 3.05) is 19.3 Å². The Morgan fingerprint density at radius 3 is 2.94 bits per heavy atom. The van der Waals surface area contributed by atoms with Crippen molar-refractivity contribution in [3.05, 3.63) is 24.5 Å². The van der Waals surface area contributed by atoms with E-state index in [0.29, 0.717) is 12.2 Å². The second-order valence-corrected chi connectivity index (χ2v) is 4.43. The van der Waals surface area contributed by atoms with E-state index >= 15 is 0 Å². The Morgan fingerprint density at radius 2 is 2.28 bits per heavy atom. The van der Waals surface area contributed by atoms with Crippen LogP contribution in [0.1, 0.15) is 19.9 Å². The zero-order valence-electron chi connectivity index (χ0n) is 10.9. The van der Waals surface area contributed by atoms with E-state index in [4.69, 9.17) is 5.73 Å². The number of carbonyl (C=O) groups excluding carboxylic acids is 1. The Morgan fingerprint density at radius 1 is 1.56 bits per heavy atom. The fourth-order valence-corrected chi connectivity index (χ4v) is 1.95. The van der Waals surface area contributed by atoms with Gasteiger partial charge in [0.2, 0.25) is 5.91 Å². The maximum atomic E-state index is 12.1. The molecule has 2 N–H and O–H groups in total. The topological polar surface area (TPSA) is 64.2 Å². The van der Waals surface area contributed by atoms with Crippen LogP contribution in [0.5, 0.6) is 0 Å². The van der Waals surface area contributed by atoms with Gasteiger partial charge in [-0.3, -0.25) is 4.79 Å². The van der Waals surface area contributed by atoms with Crippen LogP contribution < -0.4 is 5.73 Å². The van der Waals surface area contributed by atoms with Crippen molar-refractivity contribution < 1.29 is 4.79 Å². The number of carbonyl (C=O) groups is 1. The third-order valence-corrected chi connectivity index (χ3v) is 3.22. The monoisotopic (exact) mass is 246 g/mol. The Bertz CT molecular complexity index is 575. The lowest BCUT2D eigenvalue weighted by Crippen LogP contribution is -2.32. The number of fused-ring (bicyclic) bond motifs is 1. The first kappa shape index (κ1) is 12.4. The summed E-state index contributed by atoms with van der Waals surface area (Å²) in [6.45, 7) is 4.53. The van der Waals surface area contributed by atoms with Crippen LogP contribution >= 0.6 is 0 Å². The van der Waals surface area contributed by atoms with E-state index in [1.807, 2.05) is 36.6 Å². The average molecular weight is 246 g/mol. The summed E-state index contributed by atoms with van der Waals surface area (Å²) >= 11 is 0. The summed E-state index contributed by atoms with van der Waals surface area (Å²) in [6, 6.07) is 5.27. The number of rotatable bonds is 3. The van der Waals surface area contributed by atoms with Gasteiger partial charge in [-0.05, 0) is 32.0 Å². The third kappa shape index (κ3) is 2.03. The molecule has 1 aromatic carbocycles. The summed E-state index contributed by atoms with van der Waals surface area (Å²) in [7, 11) is 1.80. The van der Waals surface area contributed by atoms with Crippen molar-refractivity contribution in [3.8, 4) is 0 Å². The van der Waals surface area contributed by atoms with E-state index in [1.54, 1.807) is 18.3 Å². The Balaban J connectivity index is 2.39. The first-order chi connectivity index (χ1) is 8.54. The molecule has 5 heteroatoms. The molecule has 1 unspecified atom stereocenters. The van der Waals surface area contributed by atoms with E-state index in [0.717, 1.165) is 11.0 Å². The van der Waals surface area contributed by atoms with Crippen molar-refractivity contribution >= 4 is 22.6 Å². The molecule has 96 valence electrons. The van der Waals surface area contributed by atoms with Gasteiger partial charge in [-0.1, -0.05) is 0 Å². The largest absolute Gasteiger partial charge is 0.399 e. The number of nitrogen functional groups attached to an aromatic ring is 1. The molecule has 0 aliphatic carbocycles. The van der Waals surface area contributed by atoms with Gasteiger partial charge in [0.15, 0.2) is 0 Å². The second-order valence-electron chi connectivity index (χ2n) is 4.43. The van der Waals surface area contributed by atoms with Crippen LogP contribution in [0.3, 0.4) is 0 Å². The summed E-state index contributed by atoms with van der Waals surface area (Å²) in [5, 5.41) is 0. The minimum absolute atomic E-state index is 0.0774.